The molecule has 2 saturated carbocycles. The minimum absolute atomic E-state index is 0.0390. The standard InChI is InChI=1S/C16H33N3O/c1-4-9-19(11-10-18(2)3)12-16(13-20,14-5-6-14)17-15-7-8-15/h14-15,17,20H,4-13H2,1-3H3. The van der Waals surface area contributed by atoms with E-state index in [1.54, 1.807) is 0 Å². The lowest BCUT2D eigenvalue weighted by molar-refractivity contribution is 0.0854. The molecule has 0 aromatic carbocycles. The van der Waals surface area contributed by atoms with Crippen molar-refractivity contribution in [2.45, 2.75) is 50.6 Å². The highest BCUT2D eigenvalue weighted by Gasteiger charge is 2.47. The molecule has 2 N–H and O–H groups in total. The average molecular weight is 283 g/mol. The van der Waals surface area contributed by atoms with Gasteiger partial charge < -0.3 is 20.2 Å². The van der Waals surface area contributed by atoms with Crippen LogP contribution in [0.3, 0.4) is 0 Å². The van der Waals surface area contributed by atoms with Crippen LogP contribution in [0.5, 0.6) is 0 Å². The molecular formula is C16H33N3O. The fourth-order valence-corrected chi connectivity index (χ4v) is 3.11. The van der Waals surface area contributed by atoms with Crippen molar-refractivity contribution in [3.8, 4) is 0 Å². The van der Waals surface area contributed by atoms with E-state index in [1.165, 1.54) is 32.1 Å². The quantitative estimate of drug-likeness (QED) is 0.597. The van der Waals surface area contributed by atoms with E-state index >= 15 is 0 Å². The molecule has 0 heterocycles. The first-order valence-corrected chi connectivity index (χ1v) is 8.35. The second kappa shape index (κ2) is 7.21. The van der Waals surface area contributed by atoms with Crippen molar-refractivity contribution in [3.05, 3.63) is 0 Å². The summed E-state index contributed by atoms with van der Waals surface area (Å²) in [4.78, 5) is 4.79. The van der Waals surface area contributed by atoms with Gasteiger partial charge in [-0.05, 0) is 58.7 Å². The predicted octanol–water partition coefficient (Wildman–Crippen LogP) is 1.15. The third kappa shape index (κ3) is 4.69. The molecule has 0 aromatic rings. The van der Waals surface area contributed by atoms with Crippen LogP contribution in [0.2, 0.25) is 0 Å². The Morgan fingerprint density at radius 3 is 2.25 bits per heavy atom. The van der Waals surface area contributed by atoms with E-state index in [-0.39, 0.29) is 12.1 Å². The summed E-state index contributed by atoms with van der Waals surface area (Å²) in [6.07, 6.45) is 6.34. The van der Waals surface area contributed by atoms with E-state index in [4.69, 9.17) is 0 Å². The number of hydrogen-bond donors (Lipinski definition) is 2. The SMILES string of the molecule is CCCN(CCN(C)C)CC(CO)(NC1CC1)C1CC1. The maximum Gasteiger partial charge on any atom is 0.0628 e. The van der Waals surface area contributed by atoms with Crippen molar-refractivity contribution < 1.29 is 5.11 Å². The molecule has 118 valence electrons. The van der Waals surface area contributed by atoms with Gasteiger partial charge in [-0.1, -0.05) is 6.92 Å². The van der Waals surface area contributed by atoms with Gasteiger partial charge in [0.2, 0.25) is 0 Å². The normalized spacial score (nSPS) is 22.5. The summed E-state index contributed by atoms with van der Waals surface area (Å²) < 4.78 is 0. The summed E-state index contributed by atoms with van der Waals surface area (Å²) in [6, 6.07) is 0.667. The molecule has 2 fully saturated rings. The molecule has 0 radical (unpaired) electrons. The van der Waals surface area contributed by atoms with Gasteiger partial charge in [0.1, 0.15) is 0 Å². The van der Waals surface area contributed by atoms with Crippen LogP contribution in [0.25, 0.3) is 0 Å². The van der Waals surface area contributed by atoms with Gasteiger partial charge in [0, 0.05) is 25.7 Å². The maximum atomic E-state index is 10.1. The lowest BCUT2D eigenvalue weighted by Gasteiger charge is -2.39. The summed E-state index contributed by atoms with van der Waals surface area (Å²) in [5.41, 5.74) is -0.0390. The summed E-state index contributed by atoms with van der Waals surface area (Å²) in [5.74, 6) is 0.687. The largest absolute Gasteiger partial charge is 0.394 e. The van der Waals surface area contributed by atoms with Gasteiger partial charge >= 0.3 is 0 Å². The molecule has 0 aliphatic heterocycles. The van der Waals surface area contributed by atoms with Crippen LogP contribution in [0, 0.1) is 5.92 Å². The lowest BCUT2D eigenvalue weighted by Crippen LogP contribution is -2.59. The monoisotopic (exact) mass is 283 g/mol. The van der Waals surface area contributed by atoms with Crippen LogP contribution in [0.4, 0.5) is 0 Å². The van der Waals surface area contributed by atoms with Crippen molar-refractivity contribution in [2.75, 3.05) is 46.9 Å². The van der Waals surface area contributed by atoms with E-state index < -0.39 is 0 Å². The topological polar surface area (TPSA) is 38.7 Å². The van der Waals surface area contributed by atoms with Gasteiger partial charge in [-0.15, -0.1) is 0 Å². The van der Waals surface area contributed by atoms with Crippen molar-refractivity contribution in [1.82, 2.24) is 15.1 Å². The second-order valence-corrected chi connectivity index (χ2v) is 7.09. The van der Waals surface area contributed by atoms with E-state index in [0.717, 1.165) is 26.2 Å². The fourth-order valence-electron chi connectivity index (χ4n) is 3.11. The van der Waals surface area contributed by atoms with Crippen molar-refractivity contribution in [1.29, 1.82) is 0 Å². The Bertz CT molecular complexity index is 289. The summed E-state index contributed by atoms with van der Waals surface area (Å²) in [7, 11) is 4.26. The van der Waals surface area contributed by atoms with Crippen molar-refractivity contribution >= 4 is 0 Å². The Morgan fingerprint density at radius 1 is 1.10 bits per heavy atom. The van der Waals surface area contributed by atoms with Crippen molar-refractivity contribution in [3.63, 3.8) is 0 Å². The number of nitrogens with zero attached hydrogens (tertiary/aromatic N) is 2. The highest BCUT2D eigenvalue weighted by atomic mass is 16.3. The third-order valence-corrected chi connectivity index (χ3v) is 4.62. The molecule has 0 spiro atoms. The lowest BCUT2D eigenvalue weighted by atomic mass is 9.92. The summed E-state index contributed by atoms with van der Waals surface area (Å²) >= 11 is 0. The molecule has 0 bridgehead atoms. The number of hydrogen-bond acceptors (Lipinski definition) is 4. The van der Waals surface area contributed by atoms with Gasteiger partial charge in [-0.2, -0.15) is 0 Å². The molecule has 2 aliphatic rings. The van der Waals surface area contributed by atoms with E-state index in [2.05, 4.69) is 36.1 Å². The van der Waals surface area contributed by atoms with Gasteiger partial charge in [-0.3, -0.25) is 0 Å². The van der Waals surface area contributed by atoms with Gasteiger partial charge in [0.15, 0.2) is 0 Å². The van der Waals surface area contributed by atoms with E-state index in [0.29, 0.717) is 12.0 Å². The summed E-state index contributed by atoms with van der Waals surface area (Å²) in [5, 5.41) is 13.8. The van der Waals surface area contributed by atoms with E-state index in [9.17, 15) is 5.11 Å². The Kier molecular flexibility index (Phi) is 5.84. The Hall–Kier alpha value is -0.160. The Labute approximate surface area is 124 Å². The number of likely N-dealkylation sites (N-methyl/N-ethyl adjacent to an activating group) is 1. The zero-order valence-corrected chi connectivity index (χ0v) is 13.6. The minimum Gasteiger partial charge on any atom is -0.394 e. The zero-order valence-electron chi connectivity index (χ0n) is 13.6. The Morgan fingerprint density at radius 2 is 1.80 bits per heavy atom. The molecule has 20 heavy (non-hydrogen) atoms. The molecule has 2 aliphatic carbocycles. The number of rotatable bonds is 11. The smallest absolute Gasteiger partial charge is 0.0628 e. The second-order valence-electron chi connectivity index (χ2n) is 7.09. The zero-order chi connectivity index (χ0) is 14.6. The van der Waals surface area contributed by atoms with E-state index in [1.807, 2.05) is 0 Å². The van der Waals surface area contributed by atoms with Crippen LogP contribution in [-0.4, -0.2) is 73.4 Å². The average Bonchev–Trinajstić information content (AvgIpc) is 3.27. The Balaban J connectivity index is 1.94. The van der Waals surface area contributed by atoms with Gasteiger partial charge in [-0.25, -0.2) is 0 Å². The molecular weight excluding hydrogens is 250 g/mol. The first kappa shape index (κ1) is 16.2. The molecule has 2 rings (SSSR count). The number of nitrogens with one attached hydrogen (secondary N) is 1. The molecule has 0 aromatic heterocycles. The first-order valence-electron chi connectivity index (χ1n) is 8.35. The number of aliphatic hydroxyl groups excluding tert-OH is 1. The van der Waals surface area contributed by atoms with Crippen LogP contribution >= 0.6 is 0 Å². The van der Waals surface area contributed by atoms with Crippen molar-refractivity contribution in [2.24, 2.45) is 5.92 Å². The molecule has 1 unspecified atom stereocenters. The highest BCUT2D eigenvalue weighted by molar-refractivity contribution is 5.06. The molecule has 1 atom stereocenters. The molecule has 0 saturated heterocycles. The maximum absolute atomic E-state index is 10.1. The molecule has 0 amide bonds. The number of aliphatic hydroxyl groups is 1. The van der Waals surface area contributed by atoms with Crippen LogP contribution in [-0.2, 0) is 0 Å². The molecule has 4 heteroatoms. The van der Waals surface area contributed by atoms with Gasteiger partial charge in [0.25, 0.3) is 0 Å². The molecule has 4 nitrogen and oxygen atoms in total. The predicted molar refractivity (Wildman–Crippen MR) is 84.0 cm³/mol. The highest BCUT2D eigenvalue weighted by Crippen LogP contribution is 2.41. The van der Waals surface area contributed by atoms with Crippen LogP contribution < -0.4 is 5.32 Å². The first-order chi connectivity index (χ1) is 9.59. The summed E-state index contributed by atoms with van der Waals surface area (Å²) in [6.45, 7) is 6.86. The third-order valence-electron chi connectivity index (χ3n) is 4.62. The fraction of sp³-hybridized carbons (Fsp3) is 1.00. The van der Waals surface area contributed by atoms with Crippen LogP contribution in [0.1, 0.15) is 39.0 Å². The van der Waals surface area contributed by atoms with Gasteiger partial charge in [0.05, 0.1) is 12.1 Å². The minimum atomic E-state index is -0.0390. The van der Waals surface area contributed by atoms with Crippen LogP contribution in [0.15, 0.2) is 0 Å².